The molecule has 1 N–H and O–H groups in total. The van der Waals surface area contributed by atoms with E-state index in [4.69, 9.17) is 4.74 Å². The van der Waals surface area contributed by atoms with E-state index in [0.29, 0.717) is 12.6 Å². The molecule has 0 amide bonds. The van der Waals surface area contributed by atoms with Crippen LogP contribution in [0.2, 0.25) is 0 Å². The van der Waals surface area contributed by atoms with Crippen LogP contribution in [0.1, 0.15) is 32.3 Å². The van der Waals surface area contributed by atoms with E-state index < -0.39 is 0 Å². The summed E-state index contributed by atoms with van der Waals surface area (Å²) in [6.45, 7) is 4.75. The topological polar surface area (TPSA) is 34.1 Å². The molecule has 0 radical (unpaired) electrons. The average Bonchev–Trinajstić information content (AvgIpc) is 3.00. The molecule has 0 unspecified atom stereocenters. The molecule has 1 fully saturated rings. The van der Waals surface area contributed by atoms with Gasteiger partial charge in [0, 0.05) is 18.4 Å². The van der Waals surface area contributed by atoms with Crippen LogP contribution in [0.3, 0.4) is 0 Å². The third-order valence-electron chi connectivity index (χ3n) is 2.45. The lowest BCUT2D eigenvalue weighted by atomic mass is 10.2. The van der Waals surface area contributed by atoms with E-state index in [2.05, 4.69) is 24.1 Å². The normalized spacial score (nSPS) is 16.7. The molecule has 0 aliphatic heterocycles. The zero-order chi connectivity index (χ0) is 10.7. The molecule has 3 heteroatoms. The summed E-state index contributed by atoms with van der Waals surface area (Å²) in [5.74, 6) is 0. The summed E-state index contributed by atoms with van der Waals surface area (Å²) in [7, 11) is 0. The Labute approximate surface area is 90.9 Å². The first-order chi connectivity index (χ1) is 7.16. The molecule has 1 aliphatic carbocycles. The number of hydrogen-bond donors (Lipinski definition) is 1. The van der Waals surface area contributed by atoms with Crippen molar-refractivity contribution in [2.45, 2.75) is 45.1 Å². The van der Waals surface area contributed by atoms with Crippen molar-refractivity contribution in [1.29, 1.82) is 0 Å². The van der Waals surface area contributed by atoms with Gasteiger partial charge in [0.05, 0.1) is 6.61 Å². The Morgan fingerprint density at radius 3 is 2.93 bits per heavy atom. The summed E-state index contributed by atoms with van der Waals surface area (Å²) < 4.78 is 5.82. The molecule has 0 atom stereocenters. The fourth-order valence-corrected chi connectivity index (χ4v) is 1.51. The third kappa shape index (κ3) is 3.61. The van der Waals surface area contributed by atoms with Crippen LogP contribution in [-0.2, 0) is 11.3 Å². The van der Waals surface area contributed by atoms with Gasteiger partial charge in [-0.3, -0.25) is 10.3 Å². The molecule has 1 aliphatic rings. The summed E-state index contributed by atoms with van der Waals surface area (Å²) in [5.41, 5.74) is 0.875. The first kappa shape index (κ1) is 10.6. The van der Waals surface area contributed by atoms with Gasteiger partial charge in [0.2, 0.25) is 0 Å². The first-order valence-electron chi connectivity index (χ1n) is 5.46. The Bertz CT molecular complexity index is 307. The lowest BCUT2D eigenvalue weighted by molar-refractivity contribution is -0.0553. The summed E-state index contributed by atoms with van der Waals surface area (Å²) in [4.78, 5) is 4.06. The van der Waals surface area contributed by atoms with Crippen LogP contribution in [0.4, 0.5) is 0 Å². The van der Waals surface area contributed by atoms with Gasteiger partial charge in [-0.05, 0) is 38.3 Å². The van der Waals surface area contributed by atoms with Gasteiger partial charge in [-0.2, -0.15) is 0 Å². The van der Waals surface area contributed by atoms with Gasteiger partial charge in [-0.1, -0.05) is 6.07 Å². The van der Waals surface area contributed by atoms with Crippen molar-refractivity contribution in [3.63, 3.8) is 0 Å². The zero-order valence-corrected chi connectivity index (χ0v) is 9.36. The van der Waals surface area contributed by atoms with E-state index in [-0.39, 0.29) is 5.72 Å². The van der Waals surface area contributed by atoms with Gasteiger partial charge in [-0.25, -0.2) is 0 Å². The molecule has 1 saturated carbocycles. The van der Waals surface area contributed by atoms with Crippen LogP contribution in [-0.4, -0.2) is 16.8 Å². The molecule has 15 heavy (non-hydrogen) atoms. The molecular formula is C12H18N2O. The summed E-state index contributed by atoms with van der Waals surface area (Å²) >= 11 is 0. The fourth-order valence-electron chi connectivity index (χ4n) is 1.51. The maximum absolute atomic E-state index is 5.82. The van der Waals surface area contributed by atoms with Gasteiger partial charge in [-0.15, -0.1) is 0 Å². The molecule has 2 rings (SSSR count). The van der Waals surface area contributed by atoms with Gasteiger partial charge < -0.3 is 4.74 Å². The van der Waals surface area contributed by atoms with Crippen LogP contribution in [0.25, 0.3) is 0 Å². The number of nitrogens with zero attached hydrogens (tertiary/aromatic N) is 1. The predicted octanol–water partition coefficient (Wildman–Crippen LogP) is 2.09. The van der Waals surface area contributed by atoms with E-state index in [1.165, 1.54) is 12.8 Å². The van der Waals surface area contributed by atoms with Crippen LogP contribution in [0, 0.1) is 0 Å². The molecule has 0 aromatic carbocycles. The quantitative estimate of drug-likeness (QED) is 0.749. The number of hydrogen-bond acceptors (Lipinski definition) is 3. The Hall–Kier alpha value is -0.930. The van der Waals surface area contributed by atoms with E-state index in [0.717, 1.165) is 5.56 Å². The second-order valence-electron chi connectivity index (χ2n) is 4.58. The van der Waals surface area contributed by atoms with Crippen LogP contribution < -0.4 is 5.32 Å². The molecule has 1 aromatic heterocycles. The molecule has 1 aromatic rings. The fraction of sp³-hybridized carbons (Fsp3) is 0.583. The van der Waals surface area contributed by atoms with Gasteiger partial charge in [0.15, 0.2) is 0 Å². The second kappa shape index (κ2) is 4.29. The van der Waals surface area contributed by atoms with Gasteiger partial charge in [0.1, 0.15) is 5.72 Å². The minimum absolute atomic E-state index is 0.239. The monoisotopic (exact) mass is 206 g/mol. The highest BCUT2D eigenvalue weighted by Crippen LogP contribution is 2.23. The highest BCUT2D eigenvalue weighted by molar-refractivity contribution is 5.06. The molecule has 0 saturated heterocycles. The first-order valence-corrected chi connectivity index (χ1v) is 5.46. The van der Waals surface area contributed by atoms with Crippen molar-refractivity contribution in [3.8, 4) is 0 Å². The van der Waals surface area contributed by atoms with E-state index in [1.807, 2.05) is 18.3 Å². The second-order valence-corrected chi connectivity index (χ2v) is 4.58. The molecular weight excluding hydrogens is 188 g/mol. The Morgan fingerprint density at radius 2 is 2.33 bits per heavy atom. The minimum atomic E-state index is -0.239. The molecule has 1 heterocycles. The van der Waals surface area contributed by atoms with Gasteiger partial charge >= 0.3 is 0 Å². The third-order valence-corrected chi connectivity index (χ3v) is 2.45. The largest absolute Gasteiger partial charge is 0.357 e. The lowest BCUT2D eigenvalue weighted by Gasteiger charge is -2.26. The van der Waals surface area contributed by atoms with Gasteiger partial charge in [0.25, 0.3) is 0 Å². The molecule has 82 valence electrons. The van der Waals surface area contributed by atoms with Crippen molar-refractivity contribution >= 4 is 0 Å². The maximum atomic E-state index is 5.82. The van der Waals surface area contributed by atoms with Crippen molar-refractivity contribution in [3.05, 3.63) is 30.1 Å². The van der Waals surface area contributed by atoms with E-state index in [9.17, 15) is 0 Å². The molecule has 0 bridgehead atoms. The standard InChI is InChI=1S/C12H18N2O/c1-12(2,14-11-5-6-11)15-9-10-4-3-7-13-8-10/h3-4,7-8,11,14H,5-6,9H2,1-2H3. The Morgan fingerprint density at radius 1 is 1.53 bits per heavy atom. The van der Waals surface area contributed by atoms with Crippen molar-refractivity contribution in [2.24, 2.45) is 0 Å². The number of nitrogens with one attached hydrogen (secondary N) is 1. The predicted molar refractivity (Wildman–Crippen MR) is 59.3 cm³/mol. The van der Waals surface area contributed by atoms with E-state index >= 15 is 0 Å². The minimum Gasteiger partial charge on any atom is -0.357 e. The highest BCUT2D eigenvalue weighted by atomic mass is 16.5. The number of pyridine rings is 1. The van der Waals surface area contributed by atoms with Crippen molar-refractivity contribution in [1.82, 2.24) is 10.3 Å². The molecule has 3 nitrogen and oxygen atoms in total. The average molecular weight is 206 g/mol. The van der Waals surface area contributed by atoms with Crippen LogP contribution in [0.15, 0.2) is 24.5 Å². The zero-order valence-electron chi connectivity index (χ0n) is 9.36. The molecule has 0 spiro atoms. The summed E-state index contributed by atoms with van der Waals surface area (Å²) in [5, 5.41) is 3.46. The van der Waals surface area contributed by atoms with Crippen molar-refractivity contribution in [2.75, 3.05) is 0 Å². The van der Waals surface area contributed by atoms with E-state index in [1.54, 1.807) is 6.20 Å². The number of ether oxygens (including phenoxy) is 1. The summed E-state index contributed by atoms with van der Waals surface area (Å²) in [6.07, 6.45) is 6.17. The van der Waals surface area contributed by atoms with Crippen molar-refractivity contribution < 1.29 is 4.74 Å². The maximum Gasteiger partial charge on any atom is 0.114 e. The Balaban J connectivity index is 1.81. The number of aromatic nitrogens is 1. The highest BCUT2D eigenvalue weighted by Gasteiger charge is 2.29. The SMILES string of the molecule is CC(C)(NC1CC1)OCc1cccnc1. The lowest BCUT2D eigenvalue weighted by Crippen LogP contribution is -2.43. The summed E-state index contributed by atoms with van der Waals surface area (Å²) in [6, 6.07) is 4.62. The Kier molecular flexibility index (Phi) is 3.03. The smallest absolute Gasteiger partial charge is 0.114 e. The van der Waals surface area contributed by atoms with Crippen LogP contribution in [0.5, 0.6) is 0 Å². The van der Waals surface area contributed by atoms with Crippen LogP contribution >= 0.6 is 0 Å². The number of rotatable bonds is 5.